The second kappa shape index (κ2) is 8.85. The highest BCUT2D eigenvalue weighted by Crippen LogP contribution is 2.26. The van der Waals surface area contributed by atoms with Crippen molar-refractivity contribution in [2.75, 3.05) is 18.4 Å². The van der Waals surface area contributed by atoms with Crippen molar-refractivity contribution >= 4 is 29.1 Å². The summed E-state index contributed by atoms with van der Waals surface area (Å²) in [6.45, 7) is 5.65. The third-order valence-electron chi connectivity index (χ3n) is 5.37. The molecule has 0 radical (unpaired) electrons. The van der Waals surface area contributed by atoms with Gasteiger partial charge in [-0.3, -0.25) is 14.3 Å². The number of carbonyl (C=O) groups excluding carboxylic acids is 2. The number of amides is 2. The van der Waals surface area contributed by atoms with Gasteiger partial charge in [-0.25, -0.2) is 9.97 Å². The molecule has 4 rings (SSSR count). The number of rotatable bonds is 5. The smallest absolute Gasteiger partial charge is 0.274 e. The Balaban J connectivity index is 1.42. The molecule has 1 atom stereocenters. The van der Waals surface area contributed by atoms with Crippen LogP contribution in [0.25, 0.3) is 0 Å². The lowest BCUT2D eigenvalue weighted by atomic mass is 10.1. The number of aromatic nitrogens is 4. The van der Waals surface area contributed by atoms with Crippen molar-refractivity contribution < 1.29 is 9.59 Å². The van der Waals surface area contributed by atoms with Gasteiger partial charge in [-0.15, -0.1) is 0 Å². The van der Waals surface area contributed by atoms with E-state index in [-0.39, 0.29) is 17.7 Å². The Kier molecular flexibility index (Phi) is 5.99. The van der Waals surface area contributed by atoms with E-state index in [4.69, 9.17) is 11.6 Å². The minimum absolute atomic E-state index is 0.0317. The summed E-state index contributed by atoms with van der Waals surface area (Å²) in [5, 5.41) is 7.72. The zero-order valence-electron chi connectivity index (χ0n) is 17.4. The summed E-state index contributed by atoms with van der Waals surface area (Å²) in [6.07, 6.45) is 4.13. The van der Waals surface area contributed by atoms with Gasteiger partial charge in [0, 0.05) is 48.7 Å². The SMILES string of the molecule is CCn1ccc(C(=O)N2CCC(c3ncc(C(=O)Nc4ccc(Cl)cc4)c(C)n3)C2)n1. The van der Waals surface area contributed by atoms with Crippen molar-refractivity contribution in [3.63, 3.8) is 0 Å². The first kappa shape index (κ1) is 21.0. The molecule has 0 aliphatic carbocycles. The van der Waals surface area contributed by atoms with Crippen molar-refractivity contribution in [3.8, 4) is 0 Å². The topological polar surface area (TPSA) is 93.0 Å². The third kappa shape index (κ3) is 4.59. The number of likely N-dealkylation sites (tertiary alicyclic amines) is 1. The molecule has 2 aromatic heterocycles. The van der Waals surface area contributed by atoms with Gasteiger partial charge in [0.1, 0.15) is 11.5 Å². The van der Waals surface area contributed by atoms with Crippen LogP contribution in [0.2, 0.25) is 5.02 Å². The Morgan fingerprint density at radius 2 is 2.00 bits per heavy atom. The van der Waals surface area contributed by atoms with E-state index in [2.05, 4.69) is 20.4 Å². The molecule has 3 aromatic rings. The van der Waals surface area contributed by atoms with Crippen LogP contribution >= 0.6 is 11.6 Å². The first-order valence-electron chi connectivity index (χ1n) is 10.2. The molecule has 0 saturated carbocycles. The Morgan fingerprint density at radius 3 is 2.68 bits per heavy atom. The maximum atomic E-state index is 12.7. The van der Waals surface area contributed by atoms with Crippen molar-refractivity contribution in [2.45, 2.75) is 32.7 Å². The minimum atomic E-state index is -0.277. The van der Waals surface area contributed by atoms with E-state index in [0.717, 1.165) is 13.0 Å². The van der Waals surface area contributed by atoms with E-state index in [1.165, 1.54) is 0 Å². The number of nitrogens with zero attached hydrogens (tertiary/aromatic N) is 5. The van der Waals surface area contributed by atoms with Gasteiger partial charge in [0.2, 0.25) is 0 Å². The van der Waals surface area contributed by atoms with Crippen molar-refractivity contribution in [3.05, 3.63) is 70.5 Å². The standard InChI is InChI=1S/C22H23ClN6O2/c1-3-29-11-9-19(27-29)22(31)28-10-8-15(13-28)20-24-12-18(14(2)25-20)21(30)26-17-6-4-16(23)5-7-17/h4-7,9,11-12,15H,3,8,10,13H2,1-2H3,(H,26,30). The predicted molar refractivity (Wildman–Crippen MR) is 117 cm³/mol. The maximum absolute atomic E-state index is 12.7. The molecule has 2 amide bonds. The van der Waals surface area contributed by atoms with Crippen LogP contribution in [0, 0.1) is 6.92 Å². The number of hydrogen-bond donors (Lipinski definition) is 1. The zero-order chi connectivity index (χ0) is 22.0. The highest BCUT2D eigenvalue weighted by molar-refractivity contribution is 6.30. The van der Waals surface area contributed by atoms with Gasteiger partial charge in [-0.1, -0.05) is 11.6 Å². The Morgan fingerprint density at radius 1 is 1.23 bits per heavy atom. The molecule has 31 heavy (non-hydrogen) atoms. The van der Waals surface area contributed by atoms with E-state index < -0.39 is 0 Å². The molecule has 0 bridgehead atoms. The maximum Gasteiger partial charge on any atom is 0.274 e. The van der Waals surface area contributed by atoms with Gasteiger partial charge in [0.15, 0.2) is 0 Å². The van der Waals surface area contributed by atoms with Crippen LogP contribution in [0.15, 0.2) is 42.7 Å². The fourth-order valence-electron chi connectivity index (χ4n) is 3.61. The molecule has 1 aliphatic rings. The van der Waals surface area contributed by atoms with E-state index >= 15 is 0 Å². The minimum Gasteiger partial charge on any atom is -0.336 e. The van der Waals surface area contributed by atoms with E-state index in [0.29, 0.717) is 46.6 Å². The second-order valence-corrected chi connectivity index (χ2v) is 7.92. The van der Waals surface area contributed by atoms with Crippen LogP contribution in [0.1, 0.15) is 51.6 Å². The molecule has 1 aromatic carbocycles. The van der Waals surface area contributed by atoms with Gasteiger partial charge in [0.05, 0.1) is 11.3 Å². The van der Waals surface area contributed by atoms with Gasteiger partial charge >= 0.3 is 0 Å². The highest BCUT2D eigenvalue weighted by atomic mass is 35.5. The third-order valence-corrected chi connectivity index (χ3v) is 5.62. The van der Waals surface area contributed by atoms with E-state index in [9.17, 15) is 9.59 Å². The highest BCUT2D eigenvalue weighted by Gasteiger charge is 2.31. The van der Waals surface area contributed by atoms with E-state index in [1.807, 2.05) is 6.92 Å². The summed E-state index contributed by atoms with van der Waals surface area (Å²) < 4.78 is 1.74. The molecule has 1 unspecified atom stereocenters. The van der Waals surface area contributed by atoms with Crippen molar-refractivity contribution in [2.24, 2.45) is 0 Å². The normalized spacial score (nSPS) is 15.8. The fraction of sp³-hybridized carbons (Fsp3) is 0.318. The quantitative estimate of drug-likeness (QED) is 0.657. The zero-order valence-corrected chi connectivity index (χ0v) is 18.1. The number of anilines is 1. The van der Waals surface area contributed by atoms with Crippen molar-refractivity contribution in [1.29, 1.82) is 0 Å². The average molecular weight is 439 g/mol. The Labute approximate surface area is 185 Å². The van der Waals surface area contributed by atoms with Crippen LogP contribution in [0.4, 0.5) is 5.69 Å². The number of carbonyl (C=O) groups is 2. The monoisotopic (exact) mass is 438 g/mol. The molecule has 3 heterocycles. The first-order valence-corrected chi connectivity index (χ1v) is 10.6. The van der Waals surface area contributed by atoms with Crippen LogP contribution in [0.5, 0.6) is 0 Å². The number of nitrogens with one attached hydrogen (secondary N) is 1. The molecule has 0 spiro atoms. The summed E-state index contributed by atoms with van der Waals surface area (Å²) in [5.74, 6) is 0.325. The molecule has 9 heteroatoms. The van der Waals surface area contributed by atoms with Gasteiger partial charge < -0.3 is 10.2 Å². The lowest BCUT2D eigenvalue weighted by Gasteiger charge is -2.15. The summed E-state index contributed by atoms with van der Waals surface area (Å²) in [4.78, 5) is 36.1. The molecular formula is C22H23ClN6O2. The van der Waals surface area contributed by atoms with Crippen LogP contribution in [-0.4, -0.2) is 49.6 Å². The molecule has 8 nitrogen and oxygen atoms in total. The number of hydrogen-bond acceptors (Lipinski definition) is 5. The molecular weight excluding hydrogens is 416 g/mol. The average Bonchev–Trinajstić information content (AvgIpc) is 3.45. The summed E-state index contributed by atoms with van der Waals surface area (Å²) in [6, 6.07) is 8.64. The van der Waals surface area contributed by atoms with Gasteiger partial charge in [0.25, 0.3) is 11.8 Å². The van der Waals surface area contributed by atoms with Crippen molar-refractivity contribution in [1.82, 2.24) is 24.6 Å². The van der Waals surface area contributed by atoms with Crippen LogP contribution < -0.4 is 5.32 Å². The second-order valence-electron chi connectivity index (χ2n) is 7.48. The lowest BCUT2D eigenvalue weighted by Crippen LogP contribution is -2.29. The van der Waals surface area contributed by atoms with Crippen LogP contribution in [0.3, 0.4) is 0 Å². The number of benzene rings is 1. The first-order chi connectivity index (χ1) is 14.9. The molecule has 1 saturated heterocycles. The van der Waals surface area contributed by atoms with Crippen LogP contribution in [-0.2, 0) is 6.54 Å². The molecule has 1 N–H and O–H groups in total. The van der Waals surface area contributed by atoms with Gasteiger partial charge in [-0.05, 0) is 50.6 Å². The number of halogens is 1. The predicted octanol–water partition coefficient (Wildman–Crippen LogP) is 3.54. The largest absolute Gasteiger partial charge is 0.336 e. The Hall–Kier alpha value is -3.26. The molecule has 1 aliphatic heterocycles. The summed E-state index contributed by atoms with van der Waals surface area (Å²) in [5.41, 5.74) is 2.11. The van der Waals surface area contributed by atoms with E-state index in [1.54, 1.807) is 59.2 Å². The Bertz CT molecular complexity index is 1110. The summed E-state index contributed by atoms with van der Waals surface area (Å²) in [7, 11) is 0. The molecule has 160 valence electrons. The summed E-state index contributed by atoms with van der Waals surface area (Å²) >= 11 is 5.88. The molecule has 1 fully saturated rings. The fourth-order valence-corrected chi connectivity index (χ4v) is 3.73. The lowest BCUT2D eigenvalue weighted by molar-refractivity contribution is 0.0783. The van der Waals surface area contributed by atoms with Gasteiger partial charge in [-0.2, -0.15) is 5.10 Å². The number of aryl methyl sites for hydroxylation is 2.